The summed E-state index contributed by atoms with van der Waals surface area (Å²) in [4.78, 5) is 5.97. The van der Waals surface area contributed by atoms with E-state index in [1.54, 1.807) is 11.3 Å². The zero-order valence-electron chi connectivity index (χ0n) is 12.2. The highest BCUT2D eigenvalue weighted by Crippen LogP contribution is 2.22. The van der Waals surface area contributed by atoms with Crippen LogP contribution in [0.5, 0.6) is 0 Å². The molecular weight excluding hydrogens is 280 g/mol. The highest BCUT2D eigenvalue weighted by Gasteiger charge is 2.18. The van der Waals surface area contributed by atoms with Crippen molar-refractivity contribution in [1.29, 1.82) is 0 Å². The normalized spacial score (nSPS) is 17.9. The molecule has 4 heteroatoms. The van der Waals surface area contributed by atoms with E-state index >= 15 is 0 Å². The third-order valence-corrected chi connectivity index (χ3v) is 5.06. The minimum Gasteiger partial charge on any atom is -0.388 e. The van der Waals surface area contributed by atoms with E-state index in [0.29, 0.717) is 0 Å². The lowest BCUT2D eigenvalue weighted by molar-refractivity contribution is 0.142. The highest BCUT2D eigenvalue weighted by molar-refractivity contribution is 7.10. The maximum Gasteiger partial charge on any atom is 0.0894 e. The maximum absolute atomic E-state index is 10.1. The number of anilines is 1. The van der Waals surface area contributed by atoms with E-state index in [2.05, 4.69) is 40.1 Å². The second-order valence-corrected chi connectivity index (χ2v) is 6.46. The summed E-state index contributed by atoms with van der Waals surface area (Å²) in [7, 11) is 0. The Morgan fingerprint density at radius 3 is 2.43 bits per heavy atom. The fraction of sp³-hybridized carbons (Fsp3) is 0.412. The lowest BCUT2D eigenvalue weighted by atomic mass is 10.2. The van der Waals surface area contributed by atoms with E-state index in [1.165, 1.54) is 5.69 Å². The number of piperazine rings is 1. The van der Waals surface area contributed by atoms with Crippen LogP contribution in [0.25, 0.3) is 0 Å². The van der Waals surface area contributed by atoms with E-state index in [0.717, 1.165) is 44.0 Å². The van der Waals surface area contributed by atoms with Gasteiger partial charge in [-0.1, -0.05) is 24.3 Å². The minimum atomic E-state index is -0.308. The number of aliphatic hydroxyl groups excluding tert-OH is 1. The first-order valence-electron chi connectivity index (χ1n) is 7.57. The van der Waals surface area contributed by atoms with Gasteiger partial charge in [-0.05, 0) is 30.0 Å². The average Bonchev–Trinajstić information content (AvgIpc) is 3.08. The van der Waals surface area contributed by atoms with Crippen LogP contribution < -0.4 is 4.90 Å². The standard InChI is InChI=1S/C17H22N2OS/c20-16(17-7-4-14-21-17)8-9-18-10-12-19(13-11-18)15-5-2-1-3-6-15/h1-7,14,16,20H,8-13H2/t16-/m0/s1. The van der Waals surface area contributed by atoms with Gasteiger partial charge in [-0.25, -0.2) is 0 Å². The molecule has 0 bridgehead atoms. The summed E-state index contributed by atoms with van der Waals surface area (Å²) in [5.41, 5.74) is 1.32. The SMILES string of the molecule is O[C@@H](CCN1CCN(c2ccccc2)CC1)c1cccs1. The van der Waals surface area contributed by atoms with Crippen molar-refractivity contribution in [2.45, 2.75) is 12.5 Å². The van der Waals surface area contributed by atoms with Crippen LogP contribution in [0.2, 0.25) is 0 Å². The summed E-state index contributed by atoms with van der Waals surface area (Å²) >= 11 is 1.64. The Hall–Kier alpha value is -1.36. The number of nitrogens with zero attached hydrogens (tertiary/aromatic N) is 2. The second-order valence-electron chi connectivity index (χ2n) is 5.48. The van der Waals surface area contributed by atoms with Crippen molar-refractivity contribution in [3.8, 4) is 0 Å². The van der Waals surface area contributed by atoms with Gasteiger partial charge < -0.3 is 10.0 Å². The van der Waals surface area contributed by atoms with Crippen LogP contribution in [0.4, 0.5) is 5.69 Å². The fourth-order valence-electron chi connectivity index (χ4n) is 2.80. The molecule has 0 unspecified atom stereocenters. The second kappa shape index (κ2) is 7.07. The van der Waals surface area contributed by atoms with Gasteiger partial charge in [0.05, 0.1) is 6.10 Å². The zero-order chi connectivity index (χ0) is 14.5. The molecular formula is C17H22N2OS. The van der Waals surface area contributed by atoms with E-state index in [4.69, 9.17) is 0 Å². The highest BCUT2D eigenvalue weighted by atomic mass is 32.1. The first-order valence-corrected chi connectivity index (χ1v) is 8.45. The number of para-hydroxylation sites is 1. The van der Waals surface area contributed by atoms with Gasteiger partial charge in [0.25, 0.3) is 0 Å². The van der Waals surface area contributed by atoms with Gasteiger partial charge in [0.2, 0.25) is 0 Å². The molecule has 0 aliphatic carbocycles. The third kappa shape index (κ3) is 3.84. The van der Waals surface area contributed by atoms with Crippen LogP contribution in [0, 0.1) is 0 Å². The van der Waals surface area contributed by atoms with Crippen LogP contribution in [0.3, 0.4) is 0 Å². The monoisotopic (exact) mass is 302 g/mol. The Morgan fingerprint density at radius 1 is 1.00 bits per heavy atom. The van der Waals surface area contributed by atoms with Gasteiger partial charge in [0, 0.05) is 43.3 Å². The first-order chi connectivity index (χ1) is 10.3. The molecule has 3 rings (SSSR count). The molecule has 1 aromatic carbocycles. The largest absolute Gasteiger partial charge is 0.388 e. The topological polar surface area (TPSA) is 26.7 Å². The lowest BCUT2D eigenvalue weighted by Gasteiger charge is -2.36. The quantitative estimate of drug-likeness (QED) is 0.920. The molecule has 1 N–H and O–H groups in total. The fourth-order valence-corrected chi connectivity index (χ4v) is 3.54. The third-order valence-electron chi connectivity index (χ3n) is 4.08. The number of aliphatic hydroxyl groups is 1. The molecule has 1 saturated heterocycles. The van der Waals surface area contributed by atoms with Crippen molar-refractivity contribution in [2.24, 2.45) is 0 Å². The van der Waals surface area contributed by atoms with Crippen LogP contribution in [0.1, 0.15) is 17.4 Å². The molecule has 0 spiro atoms. The summed E-state index contributed by atoms with van der Waals surface area (Å²) in [5, 5.41) is 12.2. The van der Waals surface area contributed by atoms with Crippen LogP contribution in [-0.4, -0.2) is 42.7 Å². The molecule has 112 valence electrons. The van der Waals surface area contributed by atoms with Gasteiger partial charge in [-0.3, -0.25) is 4.90 Å². The average molecular weight is 302 g/mol. The predicted octanol–water partition coefficient (Wildman–Crippen LogP) is 2.99. The van der Waals surface area contributed by atoms with Gasteiger partial charge in [0.1, 0.15) is 0 Å². The molecule has 1 aliphatic heterocycles. The molecule has 0 radical (unpaired) electrons. The van der Waals surface area contributed by atoms with Crippen molar-refractivity contribution in [3.05, 3.63) is 52.7 Å². The Labute approximate surface area is 130 Å². The maximum atomic E-state index is 10.1. The van der Waals surface area contributed by atoms with Gasteiger partial charge >= 0.3 is 0 Å². The van der Waals surface area contributed by atoms with Crippen molar-refractivity contribution in [2.75, 3.05) is 37.6 Å². The summed E-state index contributed by atoms with van der Waals surface area (Å²) in [6.07, 6.45) is 0.517. The smallest absolute Gasteiger partial charge is 0.0894 e. The molecule has 2 aromatic rings. The predicted molar refractivity (Wildman–Crippen MR) is 89.0 cm³/mol. The number of hydrogen-bond acceptors (Lipinski definition) is 4. The first kappa shape index (κ1) is 14.6. The number of hydrogen-bond donors (Lipinski definition) is 1. The van der Waals surface area contributed by atoms with Crippen LogP contribution in [0.15, 0.2) is 47.8 Å². The Morgan fingerprint density at radius 2 is 1.76 bits per heavy atom. The lowest BCUT2D eigenvalue weighted by Crippen LogP contribution is -2.46. The van der Waals surface area contributed by atoms with Crippen molar-refractivity contribution in [3.63, 3.8) is 0 Å². The van der Waals surface area contributed by atoms with E-state index in [-0.39, 0.29) is 6.10 Å². The van der Waals surface area contributed by atoms with E-state index < -0.39 is 0 Å². The molecule has 1 aromatic heterocycles. The van der Waals surface area contributed by atoms with Crippen LogP contribution in [-0.2, 0) is 0 Å². The van der Waals surface area contributed by atoms with Gasteiger partial charge in [-0.2, -0.15) is 0 Å². The molecule has 0 amide bonds. The summed E-state index contributed by atoms with van der Waals surface area (Å²) in [6.45, 7) is 5.26. The Kier molecular flexibility index (Phi) is 4.91. The molecule has 21 heavy (non-hydrogen) atoms. The summed E-state index contributed by atoms with van der Waals surface area (Å²) < 4.78 is 0. The molecule has 2 heterocycles. The van der Waals surface area contributed by atoms with E-state index in [1.807, 2.05) is 17.5 Å². The Bertz CT molecular complexity index is 521. The summed E-state index contributed by atoms with van der Waals surface area (Å²) in [6, 6.07) is 14.6. The van der Waals surface area contributed by atoms with Gasteiger partial charge in [0.15, 0.2) is 0 Å². The number of benzene rings is 1. The number of thiophene rings is 1. The zero-order valence-corrected chi connectivity index (χ0v) is 13.0. The van der Waals surface area contributed by atoms with E-state index in [9.17, 15) is 5.11 Å². The minimum absolute atomic E-state index is 0.308. The van der Waals surface area contributed by atoms with Gasteiger partial charge in [-0.15, -0.1) is 11.3 Å². The van der Waals surface area contributed by atoms with Crippen molar-refractivity contribution in [1.82, 2.24) is 4.90 Å². The number of rotatable bonds is 5. The van der Waals surface area contributed by atoms with Crippen molar-refractivity contribution >= 4 is 17.0 Å². The summed E-state index contributed by atoms with van der Waals surface area (Å²) in [5.74, 6) is 0. The molecule has 1 fully saturated rings. The molecule has 1 aliphatic rings. The van der Waals surface area contributed by atoms with Crippen molar-refractivity contribution < 1.29 is 5.11 Å². The molecule has 0 saturated carbocycles. The molecule has 1 atom stereocenters. The molecule has 3 nitrogen and oxygen atoms in total. The van der Waals surface area contributed by atoms with Crippen LogP contribution >= 0.6 is 11.3 Å². The Balaban J connectivity index is 1.44.